The molecule has 152 valence electrons. The maximum atomic E-state index is 12.7. The van der Waals surface area contributed by atoms with E-state index in [0.717, 1.165) is 25.7 Å². The first-order chi connectivity index (χ1) is 12.4. The molecule has 0 saturated carbocycles. The summed E-state index contributed by atoms with van der Waals surface area (Å²) in [6, 6.07) is 6.14. The fourth-order valence-electron chi connectivity index (χ4n) is 3.45. The summed E-state index contributed by atoms with van der Waals surface area (Å²) in [4.78, 5) is 14.6. The third-order valence-corrected chi connectivity index (χ3v) is 6.50. The van der Waals surface area contributed by atoms with E-state index in [9.17, 15) is 18.3 Å². The highest BCUT2D eigenvalue weighted by Gasteiger charge is 2.32. The number of aliphatic hydroxyl groups is 1. The van der Waals surface area contributed by atoms with Gasteiger partial charge in [0.25, 0.3) is 5.91 Å². The second kappa shape index (κ2) is 9.34. The molecule has 1 unspecified atom stereocenters. The predicted molar refractivity (Wildman–Crippen MR) is 106 cm³/mol. The summed E-state index contributed by atoms with van der Waals surface area (Å²) in [6.45, 7) is 2.41. The van der Waals surface area contributed by atoms with Crippen LogP contribution in [0, 0.1) is 0 Å². The average molecular weight is 418 g/mol. The fraction of sp³-hybridized carbons (Fsp3) is 0.611. The van der Waals surface area contributed by atoms with E-state index in [1.807, 2.05) is 0 Å². The van der Waals surface area contributed by atoms with Gasteiger partial charge < -0.3 is 15.3 Å². The minimum atomic E-state index is -3.79. The zero-order valence-electron chi connectivity index (χ0n) is 15.3. The van der Waals surface area contributed by atoms with Gasteiger partial charge in [-0.25, -0.2) is 13.1 Å². The quantitative estimate of drug-likeness (QED) is 0.667. The lowest BCUT2D eigenvalue weighted by molar-refractivity contribution is 0.0667. The molecule has 1 aromatic rings. The summed E-state index contributed by atoms with van der Waals surface area (Å²) in [6.07, 6.45) is 4.72. The third-order valence-electron chi connectivity index (χ3n) is 5.10. The van der Waals surface area contributed by atoms with Gasteiger partial charge in [0.05, 0.1) is 10.5 Å². The maximum absolute atomic E-state index is 12.7. The van der Waals surface area contributed by atoms with Crippen LogP contribution in [0.5, 0.6) is 0 Å². The Kier molecular flexibility index (Phi) is 7.64. The van der Waals surface area contributed by atoms with Crippen LogP contribution in [0.3, 0.4) is 0 Å². The Morgan fingerprint density at radius 1 is 1.22 bits per heavy atom. The molecule has 2 aliphatic heterocycles. The first kappa shape index (κ1) is 22.1. The molecule has 2 aliphatic rings. The molecule has 9 heteroatoms. The summed E-state index contributed by atoms with van der Waals surface area (Å²) >= 11 is 0. The van der Waals surface area contributed by atoms with Crippen LogP contribution in [0.2, 0.25) is 0 Å². The number of halogens is 1. The van der Waals surface area contributed by atoms with Gasteiger partial charge in [-0.05, 0) is 44.0 Å². The molecule has 0 bridgehead atoms. The Bertz CT molecular complexity index is 743. The van der Waals surface area contributed by atoms with E-state index in [0.29, 0.717) is 38.2 Å². The minimum absolute atomic E-state index is 0. The Hall–Kier alpha value is -1.19. The summed E-state index contributed by atoms with van der Waals surface area (Å²) in [5.74, 6) is -0.123. The van der Waals surface area contributed by atoms with Gasteiger partial charge in [-0.3, -0.25) is 4.79 Å². The van der Waals surface area contributed by atoms with Gasteiger partial charge in [0, 0.05) is 31.7 Å². The van der Waals surface area contributed by atoms with E-state index >= 15 is 0 Å². The monoisotopic (exact) mass is 417 g/mol. The third kappa shape index (κ3) is 5.65. The van der Waals surface area contributed by atoms with Crippen molar-refractivity contribution in [3.63, 3.8) is 0 Å². The first-order valence-electron chi connectivity index (χ1n) is 9.22. The van der Waals surface area contributed by atoms with Gasteiger partial charge in [-0.15, -0.1) is 12.4 Å². The summed E-state index contributed by atoms with van der Waals surface area (Å²) < 4.78 is 27.6. The lowest BCUT2D eigenvalue weighted by Crippen LogP contribution is -2.44. The van der Waals surface area contributed by atoms with Crippen molar-refractivity contribution in [3.8, 4) is 0 Å². The van der Waals surface area contributed by atoms with Crippen molar-refractivity contribution >= 4 is 28.3 Å². The van der Waals surface area contributed by atoms with E-state index in [4.69, 9.17) is 0 Å². The largest absolute Gasteiger partial charge is 0.387 e. The molecule has 2 heterocycles. The van der Waals surface area contributed by atoms with Crippen molar-refractivity contribution in [1.29, 1.82) is 0 Å². The van der Waals surface area contributed by atoms with Crippen LogP contribution in [0.15, 0.2) is 29.2 Å². The Labute approximate surface area is 167 Å². The molecule has 1 aromatic carbocycles. The number of likely N-dealkylation sites (tertiary alicyclic amines) is 1. The molecule has 7 nitrogen and oxygen atoms in total. The molecular formula is C18H28ClN3O4S. The van der Waals surface area contributed by atoms with Crippen molar-refractivity contribution in [2.75, 3.05) is 32.7 Å². The smallest absolute Gasteiger partial charge is 0.253 e. The van der Waals surface area contributed by atoms with E-state index in [1.54, 1.807) is 17.0 Å². The van der Waals surface area contributed by atoms with Gasteiger partial charge in [-0.2, -0.15) is 0 Å². The molecular weight excluding hydrogens is 390 g/mol. The van der Waals surface area contributed by atoms with E-state index in [2.05, 4.69) is 10.0 Å². The topological polar surface area (TPSA) is 98.7 Å². The molecule has 0 radical (unpaired) electrons. The van der Waals surface area contributed by atoms with E-state index < -0.39 is 15.6 Å². The van der Waals surface area contributed by atoms with E-state index in [-0.39, 0.29) is 29.8 Å². The Morgan fingerprint density at radius 2 is 1.93 bits per heavy atom. The highest BCUT2D eigenvalue weighted by atomic mass is 35.5. The second-order valence-corrected chi connectivity index (χ2v) is 8.98. The van der Waals surface area contributed by atoms with Crippen LogP contribution in [-0.4, -0.2) is 62.7 Å². The molecule has 0 spiro atoms. The summed E-state index contributed by atoms with van der Waals surface area (Å²) in [5, 5.41) is 13.3. The van der Waals surface area contributed by atoms with Gasteiger partial charge in [-0.1, -0.05) is 18.9 Å². The van der Waals surface area contributed by atoms with Gasteiger partial charge in [0.1, 0.15) is 0 Å². The first-order valence-corrected chi connectivity index (χ1v) is 10.7. The number of amides is 1. The fourth-order valence-corrected chi connectivity index (χ4v) is 4.61. The summed E-state index contributed by atoms with van der Waals surface area (Å²) in [5.41, 5.74) is -0.678. The molecule has 1 atom stereocenters. The number of hydrogen-bond acceptors (Lipinski definition) is 5. The number of benzene rings is 1. The van der Waals surface area contributed by atoms with Crippen LogP contribution in [0.25, 0.3) is 0 Å². The van der Waals surface area contributed by atoms with Crippen LogP contribution in [0.4, 0.5) is 0 Å². The Morgan fingerprint density at radius 3 is 2.56 bits per heavy atom. The van der Waals surface area contributed by atoms with Crippen LogP contribution in [-0.2, 0) is 10.0 Å². The lowest BCUT2D eigenvalue weighted by Gasteiger charge is -2.22. The molecule has 2 saturated heterocycles. The molecule has 27 heavy (non-hydrogen) atoms. The number of nitrogens with zero attached hydrogens (tertiary/aromatic N) is 1. The molecule has 0 aromatic heterocycles. The summed E-state index contributed by atoms with van der Waals surface area (Å²) in [7, 11) is -3.79. The standard InChI is InChI=1S/C18H27N3O4S.ClH/c22-17(21-10-3-1-2-4-11-21)15-6-5-7-16(12-15)26(24,25)20-14-18(23)8-9-19-13-18;/h5-7,12,19-20,23H,1-4,8-11,13-14H2;1H. The molecule has 0 aliphatic carbocycles. The number of carbonyl (C=O) groups excluding carboxylic acids is 1. The molecule has 2 fully saturated rings. The van der Waals surface area contributed by atoms with Crippen LogP contribution >= 0.6 is 12.4 Å². The normalized spacial score (nSPS) is 23.5. The highest BCUT2D eigenvalue weighted by Crippen LogP contribution is 2.18. The van der Waals surface area contributed by atoms with Gasteiger partial charge >= 0.3 is 0 Å². The van der Waals surface area contributed by atoms with Crippen molar-refractivity contribution in [2.45, 2.75) is 42.6 Å². The minimum Gasteiger partial charge on any atom is -0.387 e. The van der Waals surface area contributed by atoms with Crippen LogP contribution < -0.4 is 10.0 Å². The van der Waals surface area contributed by atoms with Crippen molar-refractivity contribution in [3.05, 3.63) is 29.8 Å². The SMILES string of the molecule is Cl.O=C(c1cccc(S(=O)(=O)NCC2(O)CCNC2)c1)N1CCCCCC1. The zero-order chi connectivity index (χ0) is 18.6. The number of β-amino-alcohol motifs (C(OH)–C–C–N with tert-alkyl or cyclic N) is 1. The van der Waals surface area contributed by atoms with Gasteiger partial charge in [0.2, 0.25) is 10.0 Å². The molecule has 3 rings (SSSR count). The lowest BCUT2D eigenvalue weighted by atomic mass is 10.1. The Balaban J connectivity index is 0.00000261. The highest BCUT2D eigenvalue weighted by molar-refractivity contribution is 7.89. The number of sulfonamides is 1. The van der Waals surface area contributed by atoms with Crippen LogP contribution in [0.1, 0.15) is 42.5 Å². The van der Waals surface area contributed by atoms with Crippen molar-refractivity contribution in [1.82, 2.24) is 14.9 Å². The number of nitrogens with one attached hydrogen (secondary N) is 2. The molecule has 1 amide bonds. The molecule has 3 N–H and O–H groups in total. The average Bonchev–Trinajstić information content (AvgIpc) is 2.90. The number of carbonyl (C=O) groups is 1. The zero-order valence-corrected chi connectivity index (χ0v) is 16.9. The van der Waals surface area contributed by atoms with Gasteiger partial charge in [0.15, 0.2) is 0 Å². The number of rotatable bonds is 5. The second-order valence-electron chi connectivity index (χ2n) is 7.21. The van der Waals surface area contributed by atoms with Crippen molar-refractivity contribution in [2.24, 2.45) is 0 Å². The predicted octanol–water partition coefficient (Wildman–Crippen LogP) is 1.13. The van der Waals surface area contributed by atoms with E-state index in [1.165, 1.54) is 12.1 Å². The number of hydrogen-bond donors (Lipinski definition) is 3. The van der Waals surface area contributed by atoms with Crippen molar-refractivity contribution < 1.29 is 18.3 Å². The maximum Gasteiger partial charge on any atom is 0.253 e.